The van der Waals surface area contributed by atoms with Crippen LogP contribution in [-0.4, -0.2) is 6.04 Å². The van der Waals surface area contributed by atoms with E-state index < -0.39 is 0 Å². The minimum absolute atomic E-state index is 0.346. The number of rotatable bonds is 5. The Hall–Kier alpha value is -1.31. The standard InChI is InChI=1S/C17H20ClN/c1-13(12-16-10-6-7-11-17(16)18)19-14(2)15-8-4-3-5-9-15/h3-11,13-14,19H,12H2,1-2H3. The highest BCUT2D eigenvalue weighted by molar-refractivity contribution is 6.31. The fourth-order valence-corrected chi connectivity index (χ4v) is 2.53. The summed E-state index contributed by atoms with van der Waals surface area (Å²) < 4.78 is 0. The molecule has 0 aliphatic carbocycles. The SMILES string of the molecule is CC(Cc1ccccc1Cl)NC(C)c1ccccc1. The summed E-state index contributed by atoms with van der Waals surface area (Å²) in [4.78, 5) is 0. The van der Waals surface area contributed by atoms with Gasteiger partial charge < -0.3 is 5.32 Å². The van der Waals surface area contributed by atoms with E-state index in [4.69, 9.17) is 11.6 Å². The summed E-state index contributed by atoms with van der Waals surface area (Å²) in [5.74, 6) is 0. The van der Waals surface area contributed by atoms with Gasteiger partial charge in [-0.15, -0.1) is 0 Å². The first-order valence-corrected chi connectivity index (χ1v) is 7.09. The van der Waals surface area contributed by atoms with Crippen molar-refractivity contribution < 1.29 is 0 Å². The third-order valence-electron chi connectivity index (χ3n) is 3.32. The van der Waals surface area contributed by atoms with Gasteiger partial charge in [0.05, 0.1) is 0 Å². The fraction of sp³-hybridized carbons (Fsp3) is 0.294. The van der Waals surface area contributed by atoms with E-state index in [1.165, 1.54) is 11.1 Å². The number of halogens is 1. The average molecular weight is 274 g/mol. The van der Waals surface area contributed by atoms with Crippen LogP contribution >= 0.6 is 11.6 Å². The summed E-state index contributed by atoms with van der Waals surface area (Å²) in [5.41, 5.74) is 2.51. The van der Waals surface area contributed by atoms with Crippen molar-refractivity contribution >= 4 is 11.6 Å². The van der Waals surface area contributed by atoms with Crippen LogP contribution in [0.4, 0.5) is 0 Å². The smallest absolute Gasteiger partial charge is 0.0438 e. The molecule has 0 spiro atoms. The molecule has 0 bridgehead atoms. The van der Waals surface area contributed by atoms with Gasteiger partial charge in [0.1, 0.15) is 0 Å². The molecule has 19 heavy (non-hydrogen) atoms. The van der Waals surface area contributed by atoms with Crippen LogP contribution in [0.3, 0.4) is 0 Å². The Morgan fingerprint density at radius 1 is 0.947 bits per heavy atom. The van der Waals surface area contributed by atoms with Crippen LogP contribution in [0.25, 0.3) is 0 Å². The van der Waals surface area contributed by atoms with Gasteiger partial charge in [-0.05, 0) is 37.5 Å². The maximum absolute atomic E-state index is 6.19. The van der Waals surface area contributed by atoms with E-state index in [0.717, 1.165) is 11.4 Å². The molecule has 0 radical (unpaired) electrons. The lowest BCUT2D eigenvalue weighted by molar-refractivity contribution is 0.477. The van der Waals surface area contributed by atoms with Crippen LogP contribution in [0.1, 0.15) is 31.0 Å². The normalized spacial score (nSPS) is 14.1. The van der Waals surface area contributed by atoms with Gasteiger partial charge in [-0.25, -0.2) is 0 Å². The number of nitrogens with one attached hydrogen (secondary N) is 1. The predicted octanol–water partition coefficient (Wildman–Crippen LogP) is 4.62. The van der Waals surface area contributed by atoms with Crippen LogP contribution in [0.5, 0.6) is 0 Å². The van der Waals surface area contributed by atoms with E-state index in [9.17, 15) is 0 Å². The van der Waals surface area contributed by atoms with Crippen LogP contribution in [0, 0.1) is 0 Å². The third kappa shape index (κ3) is 4.09. The first-order valence-electron chi connectivity index (χ1n) is 6.71. The molecule has 0 saturated heterocycles. The molecule has 2 heteroatoms. The van der Waals surface area contributed by atoms with Crippen molar-refractivity contribution in [2.45, 2.75) is 32.4 Å². The molecule has 2 aromatic rings. The highest BCUT2D eigenvalue weighted by Crippen LogP contribution is 2.18. The summed E-state index contributed by atoms with van der Waals surface area (Å²) >= 11 is 6.19. The molecule has 2 aromatic carbocycles. The molecule has 0 aliphatic rings. The second-order valence-corrected chi connectivity index (χ2v) is 5.40. The van der Waals surface area contributed by atoms with Crippen molar-refractivity contribution in [1.29, 1.82) is 0 Å². The molecule has 0 amide bonds. The Kier molecular flexibility index (Phi) is 5.00. The van der Waals surface area contributed by atoms with Crippen LogP contribution in [0.2, 0.25) is 5.02 Å². The Morgan fingerprint density at radius 2 is 1.58 bits per heavy atom. The largest absolute Gasteiger partial charge is 0.307 e. The second kappa shape index (κ2) is 6.74. The van der Waals surface area contributed by atoms with Crippen molar-refractivity contribution in [3.8, 4) is 0 Å². The first-order chi connectivity index (χ1) is 9.16. The molecule has 0 fully saturated rings. The van der Waals surface area contributed by atoms with Crippen molar-refractivity contribution in [2.75, 3.05) is 0 Å². The van der Waals surface area contributed by atoms with E-state index in [-0.39, 0.29) is 0 Å². The summed E-state index contributed by atoms with van der Waals surface area (Å²) in [6.45, 7) is 4.39. The van der Waals surface area contributed by atoms with E-state index in [1.807, 2.05) is 24.3 Å². The molecule has 1 nitrogen and oxygen atoms in total. The molecule has 2 unspecified atom stereocenters. The molecule has 0 saturated carbocycles. The molecule has 0 aromatic heterocycles. The highest BCUT2D eigenvalue weighted by atomic mass is 35.5. The molecule has 0 heterocycles. The minimum atomic E-state index is 0.346. The fourth-order valence-electron chi connectivity index (χ4n) is 2.32. The lowest BCUT2D eigenvalue weighted by atomic mass is 10.0. The second-order valence-electron chi connectivity index (χ2n) is 5.00. The summed E-state index contributed by atoms with van der Waals surface area (Å²) in [7, 11) is 0. The molecular formula is C17H20ClN. The average Bonchev–Trinajstić information content (AvgIpc) is 2.42. The molecule has 100 valence electrons. The topological polar surface area (TPSA) is 12.0 Å². The monoisotopic (exact) mass is 273 g/mol. The van der Waals surface area contributed by atoms with Crippen molar-refractivity contribution in [2.24, 2.45) is 0 Å². The Bertz CT molecular complexity index is 510. The molecular weight excluding hydrogens is 254 g/mol. The van der Waals surface area contributed by atoms with Crippen LogP contribution in [-0.2, 0) is 6.42 Å². The Morgan fingerprint density at radius 3 is 2.26 bits per heavy atom. The lowest BCUT2D eigenvalue weighted by Crippen LogP contribution is -2.30. The van der Waals surface area contributed by atoms with Crippen LogP contribution in [0.15, 0.2) is 54.6 Å². The Labute approximate surface area is 120 Å². The zero-order chi connectivity index (χ0) is 13.7. The third-order valence-corrected chi connectivity index (χ3v) is 3.69. The first kappa shape index (κ1) is 14.1. The van der Waals surface area contributed by atoms with Crippen molar-refractivity contribution in [1.82, 2.24) is 5.32 Å². The molecule has 2 rings (SSSR count). The lowest BCUT2D eigenvalue weighted by Gasteiger charge is -2.21. The zero-order valence-electron chi connectivity index (χ0n) is 11.4. The van der Waals surface area contributed by atoms with E-state index in [2.05, 4.69) is 49.5 Å². The van der Waals surface area contributed by atoms with Crippen molar-refractivity contribution in [3.05, 3.63) is 70.7 Å². The quantitative estimate of drug-likeness (QED) is 0.838. The van der Waals surface area contributed by atoms with Gasteiger partial charge in [-0.1, -0.05) is 60.1 Å². The minimum Gasteiger partial charge on any atom is -0.307 e. The number of hydrogen-bond acceptors (Lipinski definition) is 1. The van der Waals surface area contributed by atoms with Gasteiger partial charge in [0, 0.05) is 17.1 Å². The maximum Gasteiger partial charge on any atom is 0.0438 e. The van der Waals surface area contributed by atoms with Gasteiger partial charge in [0.2, 0.25) is 0 Å². The van der Waals surface area contributed by atoms with Gasteiger partial charge in [-0.3, -0.25) is 0 Å². The van der Waals surface area contributed by atoms with E-state index >= 15 is 0 Å². The van der Waals surface area contributed by atoms with E-state index in [1.54, 1.807) is 0 Å². The van der Waals surface area contributed by atoms with Crippen LogP contribution < -0.4 is 5.32 Å². The van der Waals surface area contributed by atoms with Gasteiger partial charge >= 0.3 is 0 Å². The predicted molar refractivity (Wildman–Crippen MR) is 82.6 cm³/mol. The molecule has 1 N–H and O–H groups in total. The summed E-state index contributed by atoms with van der Waals surface area (Å²) in [5, 5.41) is 4.46. The highest BCUT2D eigenvalue weighted by Gasteiger charge is 2.10. The zero-order valence-corrected chi connectivity index (χ0v) is 12.2. The van der Waals surface area contributed by atoms with Gasteiger partial charge in [0.15, 0.2) is 0 Å². The molecule has 2 atom stereocenters. The maximum atomic E-state index is 6.19. The number of hydrogen-bond donors (Lipinski definition) is 1. The van der Waals surface area contributed by atoms with Crippen molar-refractivity contribution in [3.63, 3.8) is 0 Å². The van der Waals surface area contributed by atoms with Gasteiger partial charge in [0.25, 0.3) is 0 Å². The van der Waals surface area contributed by atoms with E-state index in [0.29, 0.717) is 12.1 Å². The summed E-state index contributed by atoms with van der Waals surface area (Å²) in [6.07, 6.45) is 0.941. The Balaban J connectivity index is 1.95. The van der Waals surface area contributed by atoms with Gasteiger partial charge in [-0.2, -0.15) is 0 Å². The number of benzene rings is 2. The summed E-state index contributed by atoms with van der Waals surface area (Å²) in [6, 6.07) is 19.3. The molecule has 0 aliphatic heterocycles.